The lowest BCUT2D eigenvalue weighted by molar-refractivity contribution is -0.384. The Morgan fingerprint density at radius 1 is 1.48 bits per heavy atom. The molecule has 0 saturated carbocycles. The van der Waals surface area contributed by atoms with Crippen LogP contribution in [-0.4, -0.2) is 52.6 Å². The minimum absolute atomic E-state index is 0.0531. The molecule has 1 saturated heterocycles. The summed E-state index contributed by atoms with van der Waals surface area (Å²) in [5.41, 5.74) is -0.181. The van der Waals surface area contributed by atoms with Crippen LogP contribution in [0.25, 0.3) is 0 Å². The van der Waals surface area contributed by atoms with Gasteiger partial charge in [-0.05, 0) is 22.0 Å². The molecule has 0 aromatic heterocycles. The molecule has 0 spiro atoms. The topological polar surface area (TPSA) is 110 Å². The van der Waals surface area contributed by atoms with Crippen molar-refractivity contribution in [2.75, 3.05) is 19.8 Å². The van der Waals surface area contributed by atoms with E-state index in [1.165, 1.54) is 12.1 Å². The van der Waals surface area contributed by atoms with Gasteiger partial charge >= 0.3 is 5.97 Å². The highest BCUT2D eigenvalue weighted by Crippen LogP contribution is 2.25. The van der Waals surface area contributed by atoms with Crippen molar-refractivity contribution in [2.24, 2.45) is 0 Å². The van der Waals surface area contributed by atoms with E-state index in [0.717, 1.165) is 11.0 Å². The van der Waals surface area contributed by atoms with E-state index < -0.39 is 22.8 Å². The Bertz CT molecular complexity index is 605. The van der Waals surface area contributed by atoms with Gasteiger partial charge in [-0.1, -0.05) is 0 Å². The van der Waals surface area contributed by atoms with E-state index in [9.17, 15) is 19.7 Å². The highest BCUT2D eigenvalue weighted by atomic mass is 79.9. The number of carboxylic acid groups (broad SMARTS) is 1. The third-order valence-corrected chi connectivity index (χ3v) is 3.76. The molecule has 21 heavy (non-hydrogen) atoms. The average molecular weight is 359 g/mol. The van der Waals surface area contributed by atoms with Crippen LogP contribution >= 0.6 is 15.9 Å². The van der Waals surface area contributed by atoms with E-state index in [0.29, 0.717) is 4.47 Å². The van der Waals surface area contributed by atoms with Crippen LogP contribution in [0.3, 0.4) is 0 Å². The SMILES string of the molecule is O=C(O)C1COCCN1C(=O)c1cc([N+](=O)[O-])ccc1Br. The van der Waals surface area contributed by atoms with Gasteiger partial charge in [0.25, 0.3) is 11.6 Å². The van der Waals surface area contributed by atoms with Gasteiger partial charge in [-0.3, -0.25) is 14.9 Å². The quantitative estimate of drug-likeness (QED) is 0.643. The minimum Gasteiger partial charge on any atom is -0.480 e. The largest absolute Gasteiger partial charge is 0.480 e. The van der Waals surface area contributed by atoms with E-state index in [1.54, 1.807) is 0 Å². The van der Waals surface area contributed by atoms with Crippen LogP contribution in [-0.2, 0) is 9.53 Å². The number of carbonyl (C=O) groups excluding carboxylic acids is 1. The van der Waals surface area contributed by atoms with Crippen molar-refractivity contribution in [3.05, 3.63) is 38.3 Å². The third kappa shape index (κ3) is 3.19. The first-order chi connectivity index (χ1) is 9.91. The summed E-state index contributed by atoms with van der Waals surface area (Å²) in [5, 5.41) is 19.9. The number of amides is 1. The number of ether oxygens (including phenoxy) is 1. The zero-order valence-electron chi connectivity index (χ0n) is 10.7. The fraction of sp³-hybridized carbons (Fsp3) is 0.333. The lowest BCUT2D eigenvalue weighted by Crippen LogP contribution is -2.52. The van der Waals surface area contributed by atoms with Gasteiger partial charge in [-0.2, -0.15) is 0 Å². The van der Waals surface area contributed by atoms with E-state index in [1.807, 2.05) is 0 Å². The molecule has 112 valence electrons. The summed E-state index contributed by atoms with van der Waals surface area (Å²) < 4.78 is 5.43. The summed E-state index contributed by atoms with van der Waals surface area (Å²) in [7, 11) is 0. The number of non-ortho nitro benzene ring substituents is 1. The number of nitro groups is 1. The van der Waals surface area contributed by atoms with Crippen molar-refractivity contribution in [1.82, 2.24) is 4.90 Å². The van der Waals surface area contributed by atoms with E-state index >= 15 is 0 Å². The molecule has 1 atom stereocenters. The van der Waals surface area contributed by atoms with Crippen molar-refractivity contribution < 1.29 is 24.4 Å². The molecule has 1 fully saturated rings. The fourth-order valence-corrected chi connectivity index (χ4v) is 2.41. The standard InChI is InChI=1S/C12H11BrN2O6/c13-9-2-1-7(15(19)20)5-8(9)11(16)14-3-4-21-6-10(14)12(17)18/h1-2,5,10H,3-4,6H2,(H,17,18). The maximum Gasteiger partial charge on any atom is 0.328 e. The number of aliphatic carboxylic acids is 1. The lowest BCUT2D eigenvalue weighted by Gasteiger charge is -2.33. The van der Waals surface area contributed by atoms with Gasteiger partial charge in [0.2, 0.25) is 0 Å². The van der Waals surface area contributed by atoms with Crippen molar-refractivity contribution in [3.63, 3.8) is 0 Å². The highest BCUT2D eigenvalue weighted by Gasteiger charge is 2.34. The molecule has 0 bridgehead atoms. The Morgan fingerprint density at radius 3 is 2.81 bits per heavy atom. The zero-order chi connectivity index (χ0) is 15.6. The monoisotopic (exact) mass is 358 g/mol. The molecular weight excluding hydrogens is 348 g/mol. The number of hydrogen-bond donors (Lipinski definition) is 1. The molecule has 8 nitrogen and oxygen atoms in total. The Kier molecular flexibility index (Phi) is 4.53. The number of carboxylic acids is 1. The summed E-state index contributed by atoms with van der Waals surface area (Å²) in [4.78, 5) is 35.0. The Hall–Kier alpha value is -2.00. The summed E-state index contributed by atoms with van der Waals surface area (Å²) >= 11 is 3.15. The predicted molar refractivity (Wildman–Crippen MR) is 74.1 cm³/mol. The van der Waals surface area contributed by atoms with Crippen molar-refractivity contribution in [3.8, 4) is 0 Å². The number of nitro benzene ring substituents is 1. The molecule has 2 rings (SSSR count). The molecule has 1 N–H and O–H groups in total. The van der Waals surface area contributed by atoms with Crippen LogP contribution in [0.1, 0.15) is 10.4 Å². The van der Waals surface area contributed by atoms with Crippen molar-refractivity contribution in [2.45, 2.75) is 6.04 Å². The van der Waals surface area contributed by atoms with E-state index in [2.05, 4.69) is 15.9 Å². The van der Waals surface area contributed by atoms with Crippen LogP contribution in [0.2, 0.25) is 0 Å². The minimum atomic E-state index is -1.18. The van der Waals surface area contributed by atoms with E-state index in [4.69, 9.17) is 9.84 Å². The second kappa shape index (κ2) is 6.19. The molecule has 1 aliphatic rings. The smallest absolute Gasteiger partial charge is 0.328 e. The van der Waals surface area contributed by atoms with Crippen LogP contribution in [0, 0.1) is 10.1 Å². The van der Waals surface area contributed by atoms with Gasteiger partial charge < -0.3 is 14.7 Å². The summed E-state index contributed by atoms with van der Waals surface area (Å²) in [6.07, 6.45) is 0. The van der Waals surface area contributed by atoms with Gasteiger partial charge in [0.1, 0.15) is 0 Å². The number of rotatable bonds is 3. The Labute approximate surface area is 127 Å². The van der Waals surface area contributed by atoms with Gasteiger partial charge in [-0.25, -0.2) is 4.79 Å². The summed E-state index contributed by atoms with van der Waals surface area (Å²) in [6.45, 7) is 0.237. The van der Waals surface area contributed by atoms with Crippen LogP contribution in [0.15, 0.2) is 22.7 Å². The second-order valence-corrected chi connectivity index (χ2v) is 5.20. The summed E-state index contributed by atoms with van der Waals surface area (Å²) in [6, 6.07) is 2.68. The molecule has 1 aromatic carbocycles. The predicted octanol–water partition coefficient (Wildman–Crippen LogP) is 1.28. The maximum atomic E-state index is 12.5. The number of hydrogen-bond acceptors (Lipinski definition) is 5. The first-order valence-corrected chi connectivity index (χ1v) is 6.76. The molecule has 0 radical (unpaired) electrons. The molecule has 0 aliphatic carbocycles. The normalized spacial score (nSPS) is 18.3. The highest BCUT2D eigenvalue weighted by molar-refractivity contribution is 9.10. The molecule has 1 aromatic rings. The van der Waals surface area contributed by atoms with Gasteiger partial charge in [-0.15, -0.1) is 0 Å². The van der Waals surface area contributed by atoms with Crippen LogP contribution in [0.5, 0.6) is 0 Å². The first-order valence-electron chi connectivity index (χ1n) is 5.97. The molecule has 1 amide bonds. The number of morpholine rings is 1. The maximum absolute atomic E-state index is 12.5. The number of nitrogens with zero attached hydrogens (tertiary/aromatic N) is 2. The van der Waals surface area contributed by atoms with E-state index in [-0.39, 0.29) is 31.0 Å². The number of carbonyl (C=O) groups is 2. The number of benzene rings is 1. The van der Waals surface area contributed by atoms with Gasteiger partial charge in [0.15, 0.2) is 6.04 Å². The fourth-order valence-electron chi connectivity index (χ4n) is 2.00. The zero-order valence-corrected chi connectivity index (χ0v) is 12.3. The Morgan fingerprint density at radius 2 is 2.19 bits per heavy atom. The van der Waals surface area contributed by atoms with Gasteiger partial charge in [0.05, 0.1) is 23.7 Å². The number of halogens is 1. The van der Waals surface area contributed by atoms with Crippen molar-refractivity contribution >= 4 is 33.5 Å². The first kappa shape index (κ1) is 15.4. The third-order valence-electron chi connectivity index (χ3n) is 3.07. The van der Waals surface area contributed by atoms with Crippen molar-refractivity contribution in [1.29, 1.82) is 0 Å². The second-order valence-electron chi connectivity index (χ2n) is 4.35. The molecule has 1 unspecified atom stereocenters. The van der Waals surface area contributed by atoms with Crippen LogP contribution < -0.4 is 0 Å². The van der Waals surface area contributed by atoms with Crippen LogP contribution in [0.4, 0.5) is 5.69 Å². The molecule has 1 aliphatic heterocycles. The van der Waals surface area contributed by atoms with Gasteiger partial charge in [0, 0.05) is 23.2 Å². The molecular formula is C12H11BrN2O6. The average Bonchev–Trinajstić information content (AvgIpc) is 2.46. The molecule has 1 heterocycles. The lowest BCUT2D eigenvalue weighted by atomic mass is 10.1. The summed E-state index contributed by atoms with van der Waals surface area (Å²) in [5.74, 6) is -1.76. The molecule has 9 heteroatoms. The Balaban J connectivity index is 2.36.